The standard InChI is InChI=1S/C16H18N2OS/c1-11-3-8-14(16(17)20)15(9-11)18-10-12-4-6-13(19-2)7-5-12/h3-9,18H,10H2,1-2H3,(H2,17,20). The average Bonchev–Trinajstić information content (AvgIpc) is 2.45. The minimum Gasteiger partial charge on any atom is -0.497 e. The topological polar surface area (TPSA) is 47.3 Å². The SMILES string of the molecule is COc1ccc(CNc2cc(C)ccc2C(N)=S)cc1. The van der Waals surface area contributed by atoms with Crippen LogP contribution in [0.15, 0.2) is 42.5 Å². The van der Waals surface area contributed by atoms with Gasteiger partial charge in [0, 0.05) is 17.8 Å². The third-order valence-electron chi connectivity index (χ3n) is 3.08. The van der Waals surface area contributed by atoms with Crippen LogP contribution in [0.1, 0.15) is 16.7 Å². The van der Waals surface area contributed by atoms with Crippen LogP contribution in [0, 0.1) is 6.92 Å². The second-order valence-electron chi connectivity index (χ2n) is 4.61. The number of benzene rings is 2. The molecule has 0 aromatic heterocycles. The number of hydrogen-bond acceptors (Lipinski definition) is 3. The molecule has 2 rings (SSSR count). The molecule has 3 nitrogen and oxygen atoms in total. The number of methoxy groups -OCH3 is 1. The van der Waals surface area contributed by atoms with Gasteiger partial charge in [0.15, 0.2) is 0 Å². The van der Waals surface area contributed by atoms with Gasteiger partial charge in [-0.15, -0.1) is 0 Å². The number of hydrogen-bond donors (Lipinski definition) is 2. The predicted octanol–water partition coefficient (Wildman–Crippen LogP) is 3.25. The van der Waals surface area contributed by atoms with Crippen LogP contribution >= 0.6 is 12.2 Å². The third-order valence-corrected chi connectivity index (χ3v) is 3.30. The summed E-state index contributed by atoms with van der Waals surface area (Å²) in [6, 6.07) is 14.0. The molecular weight excluding hydrogens is 268 g/mol. The highest BCUT2D eigenvalue weighted by Crippen LogP contribution is 2.19. The fourth-order valence-electron chi connectivity index (χ4n) is 1.96. The first kappa shape index (κ1) is 14.3. The number of thiocarbonyl (C=S) groups is 1. The zero-order valence-corrected chi connectivity index (χ0v) is 12.5. The highest BCUT2D eigenvalue weighted by Gasteiger charge is 2.05. The van der Waals surface area contributed by atoms with E-state index in [1.807, 2.05) is 43.3 Å². The van der Waals surface area contributed by atoms with E-state index in [9.17, 15) is 0 Å². The van der Waals surface area contributed by atoms with Crippen molar-refractivity contribution in [3.8, 4) is 5.75 Å². The van der Waals surface area contributed by atoms with Crippen molar-refractivity contribution in [1.29, 1.82) is 0 Å². The lowest BCUT2D eigenvalue weighted by molar-refractivity contribution is 0.414. The van der Waals surface area contributed by atoms with Crippen molar-refractivity contribution in [2.75, 3.05) is 12.4 Å². The Labute approximate surface area is 124 Å². The summed E-state index contributed by atoms with van der Waals surface area (Å²) < 4.78 is 5.14. The Bertz CT molecular complexity index is 608. The van der Waals surface area contributed by atoms with Crippen LogP contribution in [-0.4, -0.2) is 12.1 Å². The van der Waals surface area contributed by atoms with Crippen LogP contribution in [0.5, 0.6) is 5.75 Å². The molecule has 0 atom stereocenters. The van der Waals surface area contributed by atoms with E-state index < -0.39 is 0 Å². The maximum absolute atomic E-state index is 5.75. The summed E-state index contributed by atoms with van der Waals surface area (Å²) in [6.07, 6.45) is 0. The first-order valence-electron chi connectivity index (χ1n) is 6.37. The van der Waals surface area contributed by atoms with Crippen LogP contribution < -0.4 is 15.8 Å². The van der Waals surface area contributed by atoms with Crippen LogP contribution in [-0.2, 0) is 6.54 Å². The monoisotopic (exact) mass is 286 g/mol. The molecule has 104 valence electrons. The third kappa shape index (κ3) is 3.48. The molecule has 0 heterocycles. The maximum atomic E-state index is 5.75. The molecule has 20 heavy (non-hydrogen) atoms. The lowest BCUT2D eigenvalue weighted by Gasteiger charge is -2.12. The Morgan fingerprint density at radius 1 is 1.20 bits per heavy atom. The van der Waals surface area contributed by atoms with Gasteiger partial charge in [-0.1, -0.05) is 30.4 Å². The van der Waals surface area contributed by atoms with E-state index in [4.69, 9.17) is 22.7 Å². The number of nitrogens with two attached hydrogens (primary N) is 1. The van der Waals surface area contributed by atoms with Gasteiger partial charge in [0.1, 0.15) is 10.7 Å². The quantitative estimate of drug-likeness (QED) is 0.828. The maximum Gasteiger partial charge on any atom is 0.118 e. The highest BCUT2D eigenvalue weighted by atomic mass is 32.1. The van der Waals surface area contributed by atoms with Crippen molar-refractivity contribution < 1.29 is 4.74 Å². The van der Waals surface area contributed by atoms with Gasteiger partial charge in [-0.25, -0.2) is 0 Å². The number of ether oxygens (including phenoxy) is 1. The normalized spacial score (nSPS) is 10.1. The summed E-state index contributed by atoms with van der Waals surface area (Å²) in [5, 5.41) is 3.38. The number of anilines is 1. The summed E-state index contributed by atoms with van der Waals surface area (Å²) in [5.41, 5.74) is 9.92. The van der Waals surface area contributed by atoms with E-state index in [1.165, 1.54) is 11.1 Å². The number of rotatable bonds is 5. The molecule has 0 aliphatic heterocycles. The molecule has 0 bridgehead atoms. The molecular formula is C16H18N2OS. The van der Waals surface area contributed by atoms with Gasteiger partial charge < -0.3 is 15.8 Å². The van der Waals surface area contributed by atoms with Crippen LogP contribution in [0.4, 0.5) is 5.69 Å². The predicted molar refractivity (Wildman–Crippen MR) is 87.4 cm³/mol. The summed E-state index contributed by atoms with van der Waals surface area (Å²) in [4.78, 5) is 0.405. The molecule has 3 N–H and O–H groups in total. The van der Waals surface area contributed by atoms with E-state index in [-0.39, 0.29) is 0 Å². The van der Waals surface area contributed by atoms with Gasteiger partial charge in [0.05, 0.1) is 7.11 Å². The molecule has 2 aromatic rings. The molecule has 0 spiro atoms. The Balaban J connectivity index is 2.13. The van der Waals surface area contributed by atoms with E-state index in [0.29, 0.717) is 11.5 Å². The molecule has 2 aromatic carbocycles. The zero-order valence-electron chi connectivity index (χ0n) is 11.6. The van der Waals surface area contributed by atoms with Gasteiger partial charge in [-0.2, -0.15) is 0 Å². The lowest BCUT2D eigenvalue weighted by atomic mass is 10.1. The van der Waals surface area contributed by atoms with E-state index >= 15 is 0 Å². The largest absolute Gasteiger partial charge is 0.497 e. The molecule has 0 fully saturated rings. The first-order valence-corrected chi connectivity index (χ1v) is 6.78. The molecule has 0 aliphatic rings. The fourth-order valence-corrected chi connectivity index (χ4v) is 2.14. The molecule has 0 unspecified atom stereocenters. The Morgan fingerprint density at radius 2 is 1.90 bits per heavy atom. The fraction of sp³-hybridized carbons (Fsp3) is 0.188. The minimum absolute atomic E-state index is 0.405. The molecule has 0 saturated heterocycles. The van der Waals surface area contributed by atoms with Gasteiger partial charge in [0.2, 0.25) is 0 Å². The molecule has 0 saturated carbocycles. The Hall–Kier alpha value is -2.07. The van der Waals surface area contributed by atoms with Gasteiger partial charge in [-0.05, 0) is 42.3 Å². The Kier molecular flexibility index (Phi) is 4.58. The molecule has 4 heteroatoms. The first-order chi connectivity index (χ1) is 9.60. The number of aryl methyl sites for hydroxylation is 1. The van der Waals surface area contributed by atoms with Gasteiger partial charge in [0.25, 0.3) is 0 Å². The van der Waals surface area contributed by atoms with Crippen molar-refractivity contribution in [3.63, 3.8) is 0 Å². The highest BCUT2D eigenvalue weighted by molar-refractivity contribution is 7.80. The van der Waals surface area contributed by atoms with Crippen molar-refractivity contribution in [3.05, 3.63) is 59.2 Å². The smallest absolute Gasteiger partial charge is 0.118 e. The average molecular weight is 286 g/mol. The summed E-state index contributed by atoms with van der Waals surface area (Å²) >= 11 is 5.08. The number of nitrogens with one attached hydrogen (secondary N) is 1. The summed E-state index contributed by atoms with van der Waals surface area (Å²) in [5.74, 6) is 0.855. The van der Waals surface area contributed by atoms with Crippen molar-refractivity contribution in [2.24, 2.45) is 5.73 Å². The van der Waals surface area contributed by atoms with Crippen LogP contribution in [0.2, 0.25) is 0 Å². The van der Waals surface area contributed by atoms with Crippen molar-refractivity contribution in [2.45, 2.75) is 13.5 Å². The van der Waals surface area contributed by atoms with Crippen LogP contribution in [0.25, 0.3) is 0 Å². The minimum atomic E-state index is 0.405. The van der Waals surface area contributed by atoms with Gasteiger partial charge in [-0.3, -0.25) is 0 Å². The second kappa shape index (κ2) is 6.39. The molecule has 0 aliphatic carbocycles. The van der Waals surface area contributed by atoms with Crippen molar-refractivity contribution in [1.82, 2.24) is 0 Å². The van der Waals surface area contributed by atoms with Crippen molar-refractivity contribution >= 4 is 22.9 Å². The molecule has 0 amide bonds. The van der Waals surface area contributed by atoms with E-state index in [0.717, 1.165) is 17.0 Å². The van der Waals surface area contributed by atoms with Gasteiger partial charge >= 0.3 is 0 Å². The summed E-state index contributed by atoms with van der Waals surface area (Å²) in [7, 11) is 1.66. The van der Waals surface area contributed by atoms with E-state index in [2.05, 4.69) is 11.4 Å². The summed E-state index contributed by atoms with van der Waals surface area (Å²) in [6.45, 7) is 2.75. The van der Waals surface area contributed by atoms with Crippen LogP contribution in [0.3, 0.4) is 0 Å². The second-order valence-corrected chi connectivity index (χ2v) is 5.05. The Morgan fingerprint density at radius 3 is 2.50 bits per heavy atom. The lowest BCUT2D eigenvalue weighted by Crippen LogP contribution is -2.13. The zero-order chi connectivity index (χ0) is 14.5. The van der Waals surface area contributed by atoms with E-state index in [1.54, 1.807) is 7.11 Å². The molecule has 0 radical (unpaired) electrons.